The molecule has 0 bridgehead atoms. The van der Waals surface area contributed by atoms with E-state index in [1.165, 1.54) is 37.9 Å². The zero-order valence-electron chi connectivity index (χ0n) is 9.21. The van der Waals surface area contributed by atoms with Gasteiger partial charge in [0.1, 0.15) is 0 Å². The second-order valence-electron chi connectivity index (χ2n) is 4.50. The van der Waals surface area contributed by atoms with Crippen LogP contribution in [-0.2, 0) is 6.42 Å². The van der Waals surface area contributed by atoms with Crippen molar-refractivity contribution in [1.29, 1.82) is 0 Å². The number of piperidine rings is 1. The Morgan fingerprint density at radius 1 is 1.40 bits per heavy atom. The first kappa shape index (κ1) is 10.5. The summed E-state index contributed by atoms with van der Waals surface area (Å²) in [4.78, 5) is 0. The van der Waals surface area contributed by atoms with Gasteiger partial charge in [0, 0.05) is 5.69 Å². The van der Waals surface area contributed by atoms with Crippen LogP contribution in [0.3, 0.4) is 0 Å². The molecule has 0 spiro atoms. The number of hydrogen-bond acceptors (Lipinski definition) is 2. The predicted octanol–water partition coefficient (Wildman–Crippen LogP) is 2.20. The molecule has 2 nitrogen and oxygen atoms in total. The minimum atomic E-state index is 0.861. The maximum atomic E-state index is 5.75. The van der Waals surface area contributed by atoms with Gasteiger partial charge in [-0.05, 0) is 62.4 Å². The normalized spacial score (nSPS) is 21.5. The Bertz CT molecular complexity index is 303. The van der Waals surface area contributed by atoms with Crippen molar-refractivity contribution in [1.82, 2.24) is 5.32 Å². The van der Waals surface area contributed by atoms with Crippen LogP contribution < -0.4 is 11.1 Å². The zero-order chi connectivity index (χ0) is 10.5. The molecule has 1 aromatic rings. The molecule has 1 unspecified atom stereocenters. The molecule has 1 heterocycles. The fraction of sp³-hybridized carbons (Fsp3) is 0.538. The highest BCUT2D eigenvalue weighted by atomic mass is 14.9. The number of aryl methyl sites for hydroxylation is 1. The second kappa shape index (κ2) is 5.17. The van der Waals surface area contributed by atoms with Crippen molar-refractivity contribution in [3.05, 3.63) is 29.8 Å². The zero-order valence-corrected chi connectivity index (χ0v) is 9.21. The number of nitrogen functional groups attached to an aromatic ring is 1. The summed E-state index contributed by atoms with van der Waals surface area (Å²) in [6.45, 7) is 2.40. The van der Waals surface area contributed by atoms with Gasteiger partial charge in [0.25, 0.3) is 0 Å². The van der Waals surface area contributed by atoms with Crippen LogP contribution in [0.15, 0.2) is 24.3 Å². The standard InChI is InChI=1S/C13H20N2/c14-13-5-1-3-11(9-13)6-7-12-4-2-8-15-10-12/h1,3,5,9,12,15H,2,4,6-8,10,14H2. The van der Waals surface area contributed by atoms with E-state index >= 15 is 0 Å². The molecule has 15 heavy (non-hydrogen) atoms. The number of rotatable bonds is 3. The third-order valence-corrected chi connectivity index (χ3v) is 3.19. The van der Waals surface area contributed by atoms with E-state index in [1.54, 1.807) is 0 Å². The predicted molar refractivity (Wildman–Crippen MR) is 64.8 cm³/mol. The van der Waals surface area contributed by atoms with Crippen LogP contribution in [0.25, 0.3) is 0 Å². The molecular formula is C13H20N2. The molecule has 2 heteroatoms. The molecule has 1 fully saturated rings. The summed E-state index contributed by atoms with van der Waals surface area (Å²) in [5.74, 6) is 0.861. The first-order valence-electron chi connectivity index (χ1n) is 5.90. The maximum Gasteiger partial charge on any atom is 0.0316 e. The van der Waals surface area contributed by atoms with E-state index in [1.807, 2.05) is 12.1 Å². The summed E-state index contributed by atoms with van der Waals surface area (Å²) in [7, 11) is 0. The van der Waals surface area contributed by atoms with E-state index in [4.69, 9.17) is 5.73 Å². The monoisotopic (exact) mass is 204 g/mol. The second-order valence-corrected chi connectivity index (χ2v) is 4.50. The van der Waals surface area contributed by atoms with Gasteiger partial charge in [-0.15, -0.1) is 0 Å². The Labute approximate surface area is 91.9 Å². The summed E-state index contributed by atoms with van der Waals surface area (Å²) in [6, 6.07) is 8.26. The number of anilines is 1. The van der Waals surface area contributed by atoms with Crippen molar-refractivity contribution in [2.45, 2.75) is 25.7 Å². The summed E-state index contributed by atoms with van der Waals surface area (Å²) in [5.41, 5.74) is 8.01. The lowest BCUT2D eigenvalue weighted by molar-refractivity contribution is 0.358. The van der Waals surface area contributed by atoms with Crippen molar-refractivity contribution < 1.29 is 0 Å². The molecular weight excluding hydrogens is 184 g/mol. The Morgan fingerprint density at radius 3 is 3.07 bits per heavy atom. The van der Waals surface area contributed by atoms with Gasteiger partial charge < -0.3 is 11.1 Å². The molecule has 0 saturated carbocycles. The van der Waals surface area contributed by atoms with Gasteiger partial charge in [0.2, 0.25) is 0 Å². The fourth-order valence-corrected chi connectivity index (χ4v) is 2.29. The quantitative estimate of drug-likeness (QED) is 0.741. The van der Waals surface area contributed by atoms with Crippen LogP contribution in [0.4, 0.5) is 5.69 Å². The van der Waals surface area contributed by atoms with Crippen LogP contribution in [0, 0.1) is 5.92 Å². The molecule has 82 valence electrons. The van der Waals surface area contributed by atoms with E-state index < -0.39 is 0 Å². The van der Waals surface area contributed by atoms with Gasteiger partial charge in [0.05, 0.1) is 0 Å². The smallest absolute Gasteiger partial charge is 0.0316 e. The Morgan fingerprint density at radius 2 is 2.33 bits per heavy atom. The molecule has 1 aromatic carbocycles. The van der Waals surface area contributed by atoms with E-state index in [-0.39, 0.29) is 0 Å². The third-order valence-electron chi connectivity index (χ3n) is 3.19. The van der Waals surface area contributed by atoms with Gasteiger partial charge in [0.15, 0.2) is 0 Å². The summed E-state index contributed by atoms with van der Waals surface area (Å²) in [5, 5.41) is 3.46. The van der Waals surface area contributed by atoms with E-state index in [2.05, 4.69) is 17.4 Å². The SMILES string of the molecule is Nc1cccc(CCC2CCCNC2)c1. The topological polar surface area (TPSA) is 38.0 Å². The molecule has 0 radical (unpaired) electrons. The summed E-state index contributed by atoms with van der Waals surface area (Å²) in [6.07, 6.45) is 5.17. The Kier molecular flexibility index (Phi) is 3.62. The van der Waals surface area contributed by atoms with E-state index in [0.29, 0.717) is 0 Å². The average Bonchev–Trinajstić information content (AvgIpc) is 2.28. The molecule has 0 aliphatic carbocycles. The van der Waals surface area contributed by atoms with E-state index in [9.17, 15) is 0 Å². The van der Waals surface area contributed by atoms with Crippen molar-refractivity contribution in [3.63, 3.8) is 0 Å². The molecule has 3 N–H and O–H groups in total. The van der Waals surface area contributed by atoms with Gasteiger partial charge in [-0.1, -0.05) is 12.1 Å². The number of hydrogen-bond donors (Lipinski definition) is 2. The van der Waals surface area contributed by atoms with Crippen LogP contribution in [-0.4, -0.2) is 13.1 Å². The molecule has 1 atom stereocenters. The van der Waals surface area contributed by atoms with E-state index in [0.717, 1.165) is 18.0 Å². The molecule has 0 aromatic heterocycles. The average molecular weight is 204 g/mol. The minimum Gasteiger partial charge on any atom is -0.399 e. The number of benzene rings is 1. The highest BCUT2D eigenvalue weighted by molar-refractivity contribution is 5.40. The van der Waals surface area contributed by atoms with Gasteiger partial charge >= 0.3 is 0 Å². The van der Waals surface area contributed by atoms with Crippen molar-refractivity contribution in [2.24, 2.45) is 5.92 Å². The first-order chi connectivity index (χ1) is 7.34. The molecule has 1 aliphatic heterocycles. The van der Waals surface area contributed by atoms with Gasteiger partial charge in [-0.2, -0.15) is 0 Å². The number of nitrogens with two attached hydrogens (primary N) is 1. The van der Waals surface area contributed by atoms with Crippen LogP contribution in [0.1, 0.15) is 24.8 Å². The fourth-order valence-electron chi connectivity index (χ4n) is 2.29. The Hall–Kier alpha value is -1.02. The lowest BCUT2D eigenvalue weighted by atomic mass is 9.93. The highest BCUT2D eigenvalue weighted by Gasteiger charge is 2.12. The number of nitrogens with one attached hydrogen (secondary N) is 1. The largest absolute Gasteiger partial charge is 0.399 e. The molecule has 0 amide bonds. The lowest BCUT2D eigenvalue weighted by Crippen LogP contribution is -2.29. The maximum absolute atomic E-state index is 5.75. The van der Waals surface area contributed by atoms with Gasteiger partial charge in [-0.25, -0.2) is 0 Å². The lowest BCUT2D eigenvalue weighted by Gasteiger charge is -2.22. The molecule has 2 rings (SSSR count). The Balaban J connectivity index is 1.81. The van der Waals surface area contributed by atoms with Crippen molar-refractivity contribution in [3.8, 4) is 0 Å². The first-order valence-corrected chi connectivity index (χ1v) is 5.90. The van der Waals surface area contributed by atoms with Crippen LogP contribution in [0.2, 0.25) is 0 Å². The van der Waals surface area contributed by atoms with Crippen LogP contribution in [0.5, 0.6) is 0 Å². The molecule has 1 aliphatic rings. The summed E-state index contributed by atoms with van der Waals surface area (Å²) >= 11 is 0. The highest BCUT2D eigenvalue weighted by Crippen LogP contribution is 2.17. The summed E-state index contributed by atoms with van der Waals surface area (Å²) < 4.78 is 0. The molecule has 1 saturated heterocycles. The van der Waals surface area contributed by atoms with Crippen LogP contribution >= 0.6 is 0 Å². The van der Waals surface area contributed by atoms with Gasteiger partial charge in [-0.3, -0.25) is 0 Å². The van der Waals surface area contributed by atoms with Crippen molar-refractivity contribution >= 4 is 5.69 Å². The third kappa shape index (κ3) is 3.24. The minimum absolute atomic E-state index is 0.861. The van der Waals surface area contributed by atoms with Crippen molar-refractivity contribution in [2.75, 3.05) is 18.8 Å².